The van der Waals surface area contributed by atoms with Crippen molar-refractivity contribution in [2.75, 3.05) is 26.2 Å². The first kappa shape index (κ1) is 21.7. The molecule has 3 aromatic carbocycles. The molecule has 1 saturated heterocycles. The van der Waals surface area contributed by atoms with Crippen molar-refractivity contribution in [2.45, 2.75) is 38.2 Å². The Hall–Kier alpha value is -3.11. The third-order valence-electron chi connectivity index (χ3n) is 6.72. The summed E-state index contributed by atoms with van der Waals surface area (Å²) in [6.07, 6.45) is 3.93. The van der Waals surface area contributed by atoms with Crippen LogP contribution in [-0.2, 0) is 17.8 Å². The van der Waals surface area contributed by atoms with Gasteiger partial charge in [0, 0.05) is 13.0 Å². The zero-order valence-corrected chi connectivity index (χ0v) is 19.0. The summed E-state index contributed by atoms with van der Waals surface area (Å²) in [7, 11) is 0. The van der Waals surface area contributed by atoms with Crippen LogP contribution < -0.4 is 9.47 Å². The fourth-order valence-electron chi connectivity index (χ4n) is 4.91. The van der Waals surface area contributed by atoms with Gasteiger partial charge in [-0.1, -0.05) is 48.5 Å². The highest BCUT2D eigenvalue weighted by molar-refractivity contribution is 5.91. The Morgan fingerprint density at radius 1 is 0.818 bits per heavy atom. The molecule has 0 amide bonds. The van der Waals surface area contributed by atoms with E-state index in [1.54, 1.807) is 0 Å². The number of likely N-dealkylation sites (tertiary alicyclic amines) is 1. The second-order valence-electron chi connectivity index (χ2n) is 9.00. The van der Waals surface area contributed by atoms with Gasteiger partial charge in [-0.15, -0.1) is 0 Å². The van der Waals surface area contributed by atoms with Crippen molar-refractivity contribution in [3.63, 3.8) is 0 Å². The van der Waals surface area contributed by atoms with Crippen LogP contribution in [0.1, 0.15) is 47.4 Å². The second kappa shape index (κ2) is 10.2. The number of carbonyl (C=O) groups excluding carboxylic acids is 1. The maximum Gasteiger partial charge on any atom is 0.145 e. The molecule has 0 aromatic heterocycles. The number of hydrogen-bond acceptors (Lipinski definition) is 4. The summed E-state index contributed by atoms with van der Waals surface area (Å²) >= 11 is 0. The average molecular weight is 442 g/mol. The normalized spacial score (nSPS) is 18.2. The topological polar surface area (TPSA) is 38.8 Å². The highest BCUT2D eigenvalue weighted by Gasteiger charge is 2.29. The van der Waals surface area contributed by atoms with E-state index >= 15 is 0 Å². The van der Waals surface area contributed by atoms with Crippen LogP contribution in [0.25, 0.3) is 0 Å². The third-order valence-corrected chi connectivity index (χ3v) is 6.72. The summed E-state index contributed by atoms with van der Waals surface area (Å²) in [4.78, 5) is 15.3. The van der Waals surface area contributed by atoms with Crippen LogP contribution in [0.15, 0.2) is 72.8 Å². The van der Waals surface area contributed by atoms with Crippen LogP contribution in [0.3, 0.4) is 0 Å². The summed E-state index contributed by atoms with van der Waals surface area (Å²) < 4.78 is 12.0. The molecule has 33 heavy (non-hydrogen) atoms. The van der Waals surface area contributed by atoms with Gasteiger partial charge in [0.25, 0.3) is 0 Å². The van der Waals surface area contributed by atoms with Gasteiger partial charge in [0.1, 0.15) is 30.5 Å². The van der Waals surface area contributed by atoms with Gasteiger partial charge in [0.05, 0.1) is 5.92 Å². The van der Waals surface area contributed by atoms with E-state index in [0.29, 0.717) is 19.6 Å². The van der Waals surface area contributed by atoms with Gasteiger partial charge in [0.2, 0.25) is 0 Å². The molecule has 1 aliphatic carbocycles. The summed E-state index contributed by atoms with van der Waals surface area (Å²) in [5.41, 5.74) is 4.48. The van der Waals surface area contributed by atoms with Crippen LogP contribution in [0.5, 0.6) is 11.5 Å². The molecule has 1 heterocycles. The van der Waals surface area contributed by atoms with Gasteiger partial charge < -0.3 is 9.47 Å². The molecule has 2 aliphatic rings. The number of rotatable bonds is 8. The molecule has 1 atom stereocenters. The Kier molecular flexibility index (Phi) is 6.73. The van der Waals surface area contributed by atoms with E-state index in [1.807, 2.05) is 48.5 Å². The van der Waals surface area contributed by atoms with Crippen LogP contribution in [0, 0.1) is 0 Å². The molecule has 0 saturated carbocycles. The number of nitrogens with zero attached hydrogens (tertiary/aromatic N) is 1. The van der Waals surface area contributed by atoms with E-state index in [0.717, 1.165) is 41.2 Å². The highest BCUT2D eigenvalue weighted by Crippen LogP contribution is 2.36. The van der Waals surface area contributed by atoms with E-state index in [-0.39, 0.29) is 11.7 Å². The molecular formula is C29H31NO3. The van der Waals surface area contributed by atoms with Crippen molar-refractivity contribution in [3.8, 4) is 11.5 Å². The van der Waals surface area contributed by atoms with E-state index < -0.39 is 0 Å². The molecular weight excluding hydrogens is 410 g/mol. The van der Waals surface area contributed by atoms with Gasteiger partial charge in [-0.25, -0.2) is 0 Å². The van der Waals surface area contributed by atoms with Crippen molar-refractivity contribution >= 4 is 5.78 Å². The summed E-state index contributed by atoms with van der Waals surface area (Å²) in [5.74, 6) is 1.79. The lowest BCUT2D eigenvalue weighted by atomic mass is 9.78. The number of hydrogen-bond donors (Lipinski definition) is 0. The molecule has 0 N–H and O–H groups in total. The van der Waals surface area contributed by atoms with Gasteiger partial charge in [-0.3, -0.25) is 9.69 Å². The zero-order valence-electron chi connectivity index (χ0n) is 19.0. The minimum absolute atomic E-state index is 0.212. The fourth-order valence-corrected chi connectivity index (χ4v) is 4.91. The molecule has 1 unspecified atom stereocenters. The van der Waals surface area contributed by atoms with Crippen LogP contribution in [-0.4, -0.2) is 36.9 Å². The number of benzene rings is 3. The molecule has 1 fully saturated rings. The lowest BCUT2D eigenvalue weighted by Crippen LogP contribution is -2.25. The smallest absolute Gasteiger partial charge is 0.145 e. The minimum Gasteiger partial charge on any atom is -0.492 e. The Bertz CT molecular complexity index is 1070. The van der Waals surface area contributed by atoms with Gasteiger partial charge in [-0.2, -0.15) is 0 Å². The lowest BCUT2D eigenvalue weighted by molar-refractivity contribution is -0.120. The lowest BCUT2D eigenvalue weighted by Gasteiger charge is -2.25. The number of carbonyl (C=O) groups is 1. The number of ketones is 1. The van der Waals surface area contributed by atoms with Crippen molar-refractivity contribution in [3.05, 3.63) is 95.1 Å². The zero-order chi connectivity index (χ0) is 22.5. The number of fused-ring (bicyclic) bond motifs is 1. The van der Waals surface area contributed by atoms with Gasteiger partial charge in [-0.05, 0) is 78.9 Å². The molecule has 3 aromatic rings. The fraction of sp³-hybridized carbons (Fsp3) is 0.345. The predicted octanol–water partition coefficient (Wildman–Crippen LogP) is 5.39. The maximum atomic E-state index is 12.9. The molecule has 5 rings (SSSR count). The molecule has 4 nitrogen and oxygen atoms in total. The van der Waals surface area contributed by atoms with E-state index in [2.05, 4.69) is 29.2 Å². The first-order valence-electron chi connectivity index (χ1n) is 12.0. The van der Waals surface area contributed by atoms with Crippen LogP contribution in [0.4, 0.5) is 0 Å². The van der Waals surface area contributed by atoms with E-state index in [9.17, 15) is 4.79 Å². The largest absolute Gasteiger partial charge is 0.492 e. The highest BCUT2D eigenvalue weighted by atomic mass is 16.5. The Morgan fingerprint density at radius 2 is 1.58 bits per heavy atom. The first-order chi connectivity index (χ1) is 16.3. The van der Waals surface area contributed by atoms with Gasteiger partial charge >= 0.3 is 0 Å². The Morgan fingerprint density at radius 3 is 2.36 bits per heavy atom. The Balaban J connectivity index is 1.25. The van der Waals surface area contributed by atoms with Gasteiger partial charge in [0.15, 0.2) is 0 Å². The predicted molar refractivity (Wildman–Crippen MR) is 130 cm³/mol. The van der Waals surface area contributed by atoms with Crippen LogP contribution >= 0.6 is 0 Å². The molecule has 170 valence electrons. The van der Waals surface area contributed by atoms with Crippen molar-refractivity contribution in [1.82, 2.24) is 4.90 Å². The SMILES string of the molecule is O=C1CCc2cc(OCc3ccccc3)ccc2C1c1ccc(OCCN2CCCC2)cc1. The van der Waals surface area contributed by atoms with Crippen molar-refractivity contribution in [2.24, 2.45) is 0 Å². The molecule has 0 bridgehead atoms. The molecule has 4 heteroatoms. The molecule has 1 aliphatic heterocycles. The second-order valence-corrected chi connectivity index (χ2v) is 9.00. The molecule has 0 radical (unpaired) electrons. The Labute approximate surface area is 196 Å². The standard InChI is InChI=1S/C29H31NO3/c31-28-15-10-24-20-26(33-21-22-6-2-1-3-7-22)13-14-27(24)29(28)23-8-11-25(12-9-23)32-19-18-30-16-4-5-17-30/h1-3,6-9,11-14,20,29H,4-5,10,15-19,21H2. The monoisotopic (exact) mass is 441 g/mol. The van der Waals surface area contributed by atoms with Crippen molar-refractivity contribution < 1.29 is 14.3 Å². The van der Waals surface area contributed by atoms with E-state index in [1.165, 1.54) is 31.5 Å². The summed E-state index contributed by atoms with van der Waals surface area (Å²) in [5, 5.41) is 0. The maximum absolute atomic E-state index is 12.9. The van der Waals surface area contributed by atoms with Crippen molar-refractivity contribution in [1.29, 1.82) is 0 Å². The summed E-state index contributed by atoms with van der Waals surface area (Å²) in [6, 6.07) is 24.4. The third kappa shape index (κ3) is 5.28. The molecule has 0 spiro atoms. The van der Waals surface area contributed by atoms with E-state index in [4.69, 9.17) is 9.47 Å². The number of aryl methyl sites for hydroxylation is 1. The first-order valence-corrected chi connectivity index (χ1v) is 12.0. The summed E-state index contributed by atoms with van der Waals surface area (Å²) in [6.45, 7) is 4.59. The minimum atomic E-state index is -0.212. The number of Topliss-reactive ketones (excluding diaryl/α,β-unsaturated/α-hetero) is 1. The number of ether oxygens (including phenoxy) is 2. The quantitative estimate of drug-likeness (QED) is 0.470. The average Bonchev–Trinajstić information content (AvgIpc) is 3.38. The van der Waals surface area contributed by atoms with Crippen LogP contribution in [0.2, 0.25) is 0 Å².